The maximum atomic E-state index is 12.7. The third kappa shape index (κ3) is 2.81. The molecule has 2 aromatic carbocycles. The van der Waals surface area contributed by atoms with Crippen molar-refractivity contribution in [1.82, 2.24) is 0 Å². The summed E-state index contributed by atoms with van der Waals surface area (Å²) in [6, 6.07) is 13.0. The average molecular weight is 292 g/mol. The summed E-state index contributed by atoms with van der Waals surface area (Å²) in [7, 11) is 0. The Morgan fingerprint density at radius 3 is 2.52 bits per heavy atom. The number of benzene rings is 2. The van der Waals surface area contributed by atoms with Gasteiger partial charge in [0.15, 0.2) is 0 Å². The molecule has 21 heavy (non-hydrogen) atoms. The van der Waals surface area contributed by atoms with E-state index in [1.807, 2.05) is 24.3 Å². The van der Waals surface area contributed by atoms with Crippen LogP contribution in [0.4, 0.5) is 13.2 Å². The van der Waals surface area contributed by atoms with Crippen LogP contribution in [0.1, 0.15) is 28.4 Å². The lowest BCUT2D eigenvalue weighted by Gasteiger charge is -2.16. The molecule has 0 radical (unpaired) electrons. The van der Waals surface area contributed by atoms with Crippen LogP contribution in [-0.2, 0) is 19.0 Å². The minimum absolute atomic E-state index is 0.0640. The Labute approximate surface area is 121 Å². The second kappa shape index (κ2) is 5.19. The Balaban J connectivity index is 1.80. The van der Waals surface area contributed by atoms with Crippen LogP contribution in [0.5, 0.6) is 0 Å². The van der Waals surface area contributed by atoms with E-state index in [9.17, 15) is 18.3 Å². The molecule has 1 nitrogen and oxygen atoms in total. The maximum Gasteiger partial charge on any atom is 0.416 e. The summed E-state index contributed by atoms with van der Waals surface area (Å²) in [5.74, 6) is -0.0640. The van der Waals surface area contributed by atoms with E-state index < -0.39 is 17.8 Å². The maximum absolute atomic E-state index is 12.7. The van der Waals surface area contributed by atoms with Gasteiger partial charge < -0.3 is 5.11 Å². The predicted octanol–water partition coefficient (Wildman–Crippen LogP) is 4.15. The topological polar surface area (TPSA) is 20.2 Å². The van der Waals surface area contributed by atoms with Gasteiger partial charge in [-0.25, -0.2) is 0 Å². The molecule has 0 bridgehead atoms. The summed E-state index contributed by atoms with van der Waals surface area (Å²) in [5, 5.41) is 10.3. The van der Waals surface area contributed by atoms with Crippen molar-refractivity contribution in [3.05, 3.63) is 70.8 Å². The van der Waals surface area contributed by atoms with Gasteiger partial charge >= 0.3 is 6.18 Å². The van der Waals surface area contributed by atoms with Crippen LogP contribution in [0.2, 0.25) is 0 Å². The molecule has 1 N–H and O–H groups in total. The lowest BCUT2D eigenvalue weighted by molar-refractivity contribution is -0.137. The van der Waals surface area contributed by atoms with E-state index in [2.05, 4.69) is 0 Å². The molecule has 0 saturated heterocycles. The number of hydrogen-bond donors (Lipinski definition) is 1. The number of aliphatic hydroxyl groups is 1. The fourth-order valence-electron chi connectivity index (χ4n) is 3.02. The van der Waals surface area contributed by atoms with E-state index >= 15 is 0 Å². The molecule has 2 unspecified atom stereocenters. The Morgan fingerprint density at radius 1 is 1.05 bits per heavy atom. The Morgan fingerprint density at radius 2 is 1.81 bits per heavy atom. The highest BCUT2D eigenvalue weighted by Crippen LogP contribution is 2.38. The van der Waals surface area contributed by atoms with Crippen LogP contribution in [0.15, 0.2) is 48.5 Å². The van der Waals surface area contributed by atoms with Gasteiger partial charge in [0.2, 0.25) is 0 Å². The molecule has 0 heterocycles. The molecular weight excluding hydrogens is 277 g/mol. The van der Waals surface area contributed by atoms with Gasteiger partial charge in [-0.2, -0.15) is 13.2 Å². The number of alkyl halides is 3. The van der Waals surface area contributed by atoms with Crippen molar-refractivity contribution in [2.75, 3.05) is 0 Å². The molecule has 2 aromatic rings. The first-order valence-electron chi connectivity index (χ1n) is 6.87. The van der Waals surface area contributed by atoms with Crippen LogP contribution in [0.25, 0.3) is 0 Å². The Hall–Kier alpha value is -1.81. The lowest BCUT2D eigenvalue weighted by atomic mass is 9.94. The average Bonchev–Trinajstić information content (AvgIpc) is 2.75. The summed E-state index contributed by atoms with van der Waals surface area (Å²) in [6.07, 6.45) is -3.78. The molecule has 0 aliphatic heterocycles. The molecule has 110 valence electrons. The van der Waals surface area contributed by atoms with Crippen molar-refractivity contribution in [1.29, 1.82) is 0 Å². The zero-order chi connectivity index (χ0) is 15.0. The second-order valence-corrected chi connectivity index (χ2v) is 5.51. The molecule has 0 amide bonds. The van der Waals surface area contributed by atoms with Crippen molar-refractivity contribution in [3.8, 4) is 0 Å². The Bertz CT molecular complexity index is 648. The fraction of sp³-hybridized carbons (Fsp3) is 0.294. The molecule has 3 rings (SSSR count). The van der Waals surface area contributed by atoms with E-state index in [-0.39, 0.29) is 5.92 Å². The summed E-state index contributed by atoms with van der Waals surface area (Å²) >= 11 is 0. The number of hydrogen-bond acceptors (Lipinski definition) is 1. The third-order valence-corrected chi connectivity index (χ3v) is 4.05. The first-order chi connectivity index (χ1) is 9.95. The number of aliphatic hydroxyl groups excluding tert-OH is 1. The molecular formula is C17H15F3O. The zero-order valence-electron chi connectivity index (χ0n) is 11.3. The van der Waals surface area contributed by atoms with E-state index in [0.29, 0.717) is 18.4 Å². The first-order valence-corrected chi connectivity index (χ1v) is 6.87. The smallest absolute Gasteiger partial charge is 0.388 e. The molecule has 4 heteroatoms. The first kappa shape index (κ1) is 14.1. The van der Waals surface area contributed by atoms with Crippen LogP contribution >= 0.6 is 0 Å². The fourth-order valence-corrected chi connectivity index (χ4v) is 3.02. The standard InChI is InChI=1S/C17H15F3O/c18-17(19,20)14-6-3-4-11(9-14)8-13-10-12-5-1-2-7-15(12)16(13)21/h1-7,9,13,16,21H,8,10H2. The summed E-state index contributed by atoms with van der Waals surface area (Å²) in [5.41, 5.74) is 1.96. The van der Waals surface area contributed by atoms with E-state index in [0.717, 1.165) is 17.2 Å². The summed E-state index contributed by atoms with van der Waals surface area (Å²) in [4.78, 5) is 0. The van der Waals surface area contributed by atoms with Gasteiger partial charge in [0.05, 0.1) is 11.7 Å². The van der Waals surface area contributed by atoms with Crippen molar-refractivity contribution in [2.24, 2.45) is 5.92 Å². The highest BCUT2D eigenvalue weighted by atomic mass is 19.4. The highest BCUT2D eigenvalue weighted by molar-refractivity contribution is 5.35. The second-order valence-electron chi connectivity index (χ2n) is 5.51. The van der Waals surface area contributed by atoms with Crippen LogP contribution < -0.4 is 0 Å². The molecule has 0 spiro atoms. The highest BCUT2D eigenvalue weighted by Gasteiger charge is 2.33. The van der Waals surface area contributed by atoms with Gasteiger partial charge in [-0.3, -0.25) is 0 Å². The Kier molecular flexibility index (Phi) is 3.49. The minimum atomic E-state index is -4.33. The SMILES string of the molecule is OC1c2ccccc2CC1Cc1cccc(C(F)(F)F)c1. The quantitative estimate of drug-likeness (QED) is 0.881. The van der Waals surface area contributed by atoms with E-state index in [1.165, 1.54) is 12.1 Å². The van der Waals surface area contributed by atoms with Crippen molar-refractivity contribution < 1.29 is 18.3 Å². The van der Waals surface area contributed by atoms with Crippen molar-refractivity contribution in [3.63, 3.8) is 0 Å². The minimum Gasteiger partial charge on any atom is -0.388 e. The molecule has 0 fully saturated rings. The van der Waals surface area contributed by atoms with Crippen molar-refractivity contribution in [2.45, 2.75) is 25.1 Å². The molecule has 1 aliphatic carbocycles. The number of rotatable bonds is 2. The van der Waals surface area contributed by atoms with Crippen molar-refractivity contribution >= 4 is 0 Å². The predicted molar refractivity (Wildman–Crippen MR) is 73.7 cm³/mol. The largest absolute Gasteiger partial charge is 0.416 e. The van der Waals surface area contributed by atoms with Crippen LogP contribution in [0, 0.1) is 5.92 Å². The van der Waals surface area contributed by atoms with Gasteiger partial charge in [-0.1, -0.05) is 42.5 Å². The normalized spacial score (nSPS) is 21.3. The molecule has 0 aromatic heterocycles. The van der Waals surface area contributed by atoms with Crippen LogP contribution in [-0.4, -0.2) is 5.11 Å². The number of halogens is 3. The summed E-state index contributed by atoms with van der Waals surface area (Å²) in [6.45, 7) is 0. The van der Waals surface area contributed by atoms with E-state index in [4.69, 9.17) is 0 Å². The van der Waals surface area contributed by atoms with Gasteiger partial charge in [0, 0.05) is 0 Å². The molecule has 2 atom stereocenters. The van der Waals surface area contributed by atoms with Gasteiger partial charge in [-0.15, -0.1) is 0 Å². The zero-order valence-corrected chi connectivity index (χ0v) is 11.3. The third-order valence-electron chi connectivity index (χ3n) is 4.05. The lowest BCUT2D eigenvalue weighted by Crippen LogP contribution is -2.12. The number of fused-ring (bicyclic) bond motifs is 1. The monoisotopic (exact) mass is 292 g/mol. The van der Waals surface area contributed by atoms with E-state index in [1.54, 1.807) is 6.07 Å². The van der Waals surface area contributed by atoms with Gasteiger partial charge in [0.25, 0.3) is 0 Å². The molecule has 1 aliphatic rings. The van der Waals surface area contributed by atoms with Gasteiger partial charge in [0.1, 0.15) is 0 Å². The summed E-state index contributed by atoms with van der Waals surface area (Å²) < 4.78 is 38.2. The molecule has 0 saturated carbocycles. The van der Waals surface area contributed by atoms with Crippen LogP contribution in [0.3, 0.4) is 0 Å². The van der Waals surface area contributed by atoms with Gasteiger partial charge in [-0.05, 0) is 41.5 Å².